The third-order valence-corrected chi connectivity index (χ3v) is 5.00. The van der Waals surface area contributed by atoms with Crippen LogP contribution in [-0.2, 0) is 9.53 Å². The molecule has 0 aliphatic carbocycles. The van der Waals surface area contributed by atoms with E-state index in [-0.39, 0.29) is 23.2 Å². The molecule has 6 heteroatoms. The molecule has 0 amide bonds. The van der Waals surface area contributed by atoms with Crippen LogP contribution in [0.25, 0.3) is 16.6 Å². The van der Waals surface area contributed by atoms with Crippen molar-refractivity contribution in [2.24, 2.45) is 0 Å². The molecule has 134 valence electrons. The Morgan fingerprint density at radius 2 is 1.85 bits per heavy atom. The first-order chi connectivity index (χ1) is 12.5. The summed E-state index contributed by atoms with van der Waals surface area (Å²) < 4.78 is 6.32. The first-order valence-corrected chi connectivity index (χ1v) is 9.32. The van der Waals surface area contributed by atoms with E-state index < -0.39 is 0 Å². The highest BCUT2D eigenvalue weighted by molar-refractivity contribution is 7.99. The van der Waals surface area contributed by atoms with E-state index in [9.17, 15) is 9.59 Å². The first kappa shape index (κ1) is 18.2. The molecule has 2 aromatic carbocycles. The Kier molecular flexibility index (Phi) is 5.42. The highest BCUT2D eigenvalue weighted by Crippen LogP contribution is 2.27. The van der Waals surface area contributed by atoms with Crippen LogP contribution < -0.4 is 5.56 Å². The molecule has 0 saturated heterocycles. The molecule has 26 heavy (non-hydrogen) atoms. The zero-order valence-corrected chi connectivity index (χ0v) is 15.7. The van der Waals surface area contributed by atoms with Gasteiger partial charge in [-0.05, 0) is 29.7 Å². The van der Waals surface area contributed by atoms with Gasteiger partial charge in [-0.25, -0.2) is 4.98 Å². The molecule has 5 nitrogen and oxygen atoms in total. The maximum atomic E-state index is 13.2. The number of aromatic nitrogens is 2. The minimum Gasteiger partial charge on any atom is -0.468 e. The number of carbonyl (C=O) groups excluding carboxylic acids is 1. The van der Waals surface area contributed by atoms with Crippen molar-refractivity contribution in [1.82, 2.24) is 9.55 Å². The summed E-state index contributed by atoms with van der Waals surface area (Å²) in [7, 11) is 1.35. The van der Waals surface area contributed by atoms with Crippen LogP contribution >= 0.6 is 11.8 Å². The van der Waals surface area contributed by atoms with E-state index in [1.54, 1.807) is 16.7 Å². The molecule has 0 radical (unpaired) electrons. The van der Waals surface area contributed by atoms with Gasteiger partial charge in [0.25, 0.3) is 5.56 Å². The van der Waals surface area contributed by atoms with Gasteiger partial charge in [0.05, 0.1) is 29.5 Å². The fraction of sp³-hybridized carbons (Fsp3) is 0.250. The van der Waals surface area contributed by atoms with Gasteiger partial charge in [-0.3, -0.25) is 14.2 Å². The third-order valence-electron chi connectivity index (χ3n) is 4.09. The number of fused-ring (bicyclic) bond motifs is 1. The molecular formula is C20H20N2O3S. The minimum absolute atomic E-state index is 0.0884. The number of rotatable bonds is 5. The molecule has 1 heterocycles. The van der Waals surface area contributed by atoms with Crippen molar-refractivity contribution in [3.05, 3.63) is 64.4 Å². The minimum atomic E-state index is -0.360. The van der Waals surface area contributed by atoms with Crippen LogP contribution in [0.15, 0.2) is 58.5 Å². The Bertz CT molecular complexity index is 1010. The second kappa shape index (κ2) is 7.74. The van der Waals surface area contributed by atoms with Crippen molar-refractivity contribution >= 4 is 28.6 Å². The Hall–Kier alpha value is -2.60. The number of ether oxygens (including phenoxy) is 1. The Morgan fingerprint density at radius 1 is 1.15 bits per heavy atom. The molecule has 0 unspecified atom stereocenters. The van der Waals surface area contributed by atoms with E-state index in [0.717, 1.165) is 11.3 Å². The maximum Gasteiger partial charge on any atom is 0.316 e. The molecular weight excluding hydrogens is 348 g/mol. The summed E-state index contributed by atoms with van der Waals surface area (Å²) in [4.78, 5) is 29.5. The van der Waals surface area contributed by atoms with Gasteiger partial charge in [0.15, 0.2) is 5.16 Å². The Morgan fingerprint density at radius 3 is 2.58 bits per heavy atom. The zero-order chi connectivity index (χ0) is 18.7. The van der Waals surface area contributed by atoms with Crippen molar-refractivity contribution < 1.29 is 9.53 Å². The Labute approximate surface area is 156 Å². The fourth-order valence-electron chi connectivity index (χ4n) is 2.78. The lowest BCUT2D eigenvalue weighted by molar-refractivity contribution is -0.137. The van der Waals surface area contributed by atoms with Gasteiger partial charge >= 0.3 is 5.97 Å². The fourth-order valence-corrected chi connectivity index (χ4v) is 3.62. The van der Waals surface area contributed by atoms with Crippen LogP contribution in [0.2, 0.25) is 0 Å². The quantitative estimate of drug-likeness (QED) is 0.390. The lowest BCUT2D eigenvalue weighted by atomic mass is 10.0. The summed E-state index contributed by atoms with van der Waals surface area (Å²) in [6.45, 7) is 4.17. The summed E-state index contributed by atoms with van der Waals surface area (Å²) >= 11 is 1.20. The Balaban J connectivity index is 2.27. The molecule has 0 N–H and O–H groups in total. The monoisotopic (exact) mass is 368 g/mol. The van der Waals surface area contributed by atoms with E-state index in [4.69, 9.17) is 4.74 Å². The van der Waals surface area contributed by atoms with Gasteiger partial charge in [0, 0.05) is 0 Å². The number of hydrogen-bond donors (Lipinski definition) is 0. The van der Waals surface area contributed by atoms with Gasteiger partial charge < -0.3 is 4.74 Å². The van der Waals surface area contributed by atoms with E-state index in [2.05, 4.69) is 18.8 Å². The van der Waals surface area contributed by atoms with Crippen molar-refractivity contribution in [2.75, 3.05) is 12.9 Å². The van der Waals surface area contributed by atoms with Gasteiger partial charge in [0.1, 0.15) is 0 Å². The van der Waals surface area contributed by atoms with Gasteiger partial charge in [0.2, 0.25) is 0 Å². The van der Waals surface area contributed by atoms with Gasteiger partial charge in [-0.2, -0.15) is 0 Å². The van der Waals surface area contributed by atoms with Crippen molar-refractivity contribution in [1.29, 1.82) is 0 Å². The molecule has 0 fully saturated rings. The van der Waals surface area contributed by atoms with Crippen LogP contribution in [0.4, 0.5) is 0 Å². The molecule has 0 aliphatic rings. The lowest BCUT2D eigenvalue weighted by Crippen LogP contribution is -2.23. The normalized spacial score (nSPS) is 11.1. The number of carbonyl (C=O) groups is 1. The standard InChI is InChI=1S/C20H20N2O3S/c1-13(2)14-8-5-7-11-17(14)22-19(24)15-9-4-6-10-16(15)21-20(22)26-12-18(23)25-3/h4-11,13H,12H2,1-3H3. The molecule has 3 aromatic rings. The van der Waals surface area contributed by atoms with Crippen molar-refractivity contribution in [2.45, 2.75) is 24.9 Å². The van der Waals surface area contributed by atoms with Crippen LogP contribution in [0, 0.1) is 0 Å². The maximum absolute atomic E-state index is 13.2. The third kappa shape index (κ3) is 3.51. The van der Waals surface area contributed by atoms with E-state index >= 15 is 0 Å². The molecule has 0 atom stereocenters. The van der Waals surface area contributed by atoms with Gasteiger partial charge in [-0.15, -0.1) is 0 Å². The van der Waals surface area contributed by atoms with Crippen LogP contribution in [0.1, 0.15) is 25.3 Å². The molecule has 0 aliphatic heterocycles. The van der Waals surface area contributed by atoms with Crippen molar-refractivity contribution in [3.8, 4) is 5.69 Å². The second-order valence-electron chi connectivity index (χ2n) is 6.13. The summed E-state index contributed by atoms with van der Waals surface area (Å²) in [5.41, 5.74) is 2.31. The number of hydrogen-bond acceptors (Lipinski definition) is 5. The van der Waals surface area contributed by atoms with E-state index in [1.165, 1.54) is 18.9 Å². The lowest BCUT2D eigenvalue weighted by Gasteiger charge is -2.18. The average molecular weight is 368 g/mol. The number of benzene rings is 2. The van der Waals surface area contributed by atoms with E-state index in [0.29, 0.717) is 16.1 Å². The number of nitrogens with zero attached hydrogens (tertiary/aromatic N) is 2. The average Bonchev–Trinajstić information content (AvgIpc) is 2.66. The highest BCUT2D eigenvalue weighted by Gasteiger charge is 2.17. The molecule has 3 rings (SSSR count). The number of thioether (sulfide) groups is 1. The van der Waals surface area contributed by atoms with Crippen LogP contribution in [-0.4, -0.2) is 28.4 Å². The van der Waals surface area contributed by atoms with Crippen LogP contribution in [0.5, 0.6) is 0 Å². The number of methoxy groups -OCH3 is 1. The predicted octanol–water partition coefficient (Wildman–Crippen LogP) is 3.77. The number of para-hydroxylation sites is 2. The van der Waals surface area contributed by atoms with Gasteiger partial charge in [-0.1, -0.05) is 55.9 Å². The largest absolute Gasteiger partial charge is 0.468 e. The smallest absolute Gasteiger partial charge is 0.316 e. The summed E-state index contributed by atoms with van der Waals surface area (Å²) in [6, 6.07) is 15.0. The van der Waals surface area contributed by atoms with Crippen LogP contribution in [0.3, 0.4) is 0 Å². The van der Waals surface area contributed by atoms with Crippen molar-refractivity contribution in [3.63, 3.8) is 0 Å². The molecule has 0 saturated carbocycles. The topological polar surface area (TPSA) is 61.2 Å². The highest BCUT2D eigenvalue weighted by atomic mass is 32.2. The zero-order valence-electron chi connectivity index (χ0n) is 14.9. The molecule has 0 spiro atoms. The van der Waals surface area contributed by atoms with E-state index in [1.807, 2.05) is 36.4 Å². The summed E-state index contributed by atoms with van der Waals surface area (Å²) in [5, 5.41) is 1.03. The number of esters is 1. The second-order valence-corrected chi connectivity index (χ2v) is 7.07. The summed E-state index contributed by atoms with van der Waals surface area (Å²) in [6.07, 6.45) is 0. The molecule has 1 aromatic heterocycles. The SMILES string of the molecule is COC(=O)CSc1nc2ccccc2c(=O)n1-c1ccccc1C(C)C. The first-order valence-electron chi connectivity index (χ1n) is 8.33. The predicted molar refractivity (Wildman–Crippen MR) is 104 cm³/mol. The molecule has 0 bridgehead atoms. The summed E-state index contributed by atoms with van der Waals surface area (Å²) in [5.74, 6) is -0.0328.